The third-order valence-electron chi connectivity index (χ3n) is 5.19. The molecule has 0 saturated heterocycles. The minimum Gasteiger partial charge on any atom is -0.122 e. The zero-order chi connectivity index (χ0) is 19.2. The Labute approximate surface area is 173 Å². The minimum atomic E-state index is -1.83. The van der Waals surface area contributed by atoms with Gasteiger partial charge < -0.3 is 0 Å². The molecule has 0 nitrogen and oxygen atoms in total. The van der Waals surface area contributed by atoms with E-state index in [1.54, 1.807) is 0 Å². The van der Waals surface area contributed by atoms with Gasteiger partial charge in [0.1, 0.15) is 23.2 Å². The van der Waals surface area contributed by atoms with Crippen molar-refractivity contribution >= 4 is 34.8 Å². The summed E-state index contributed by atoms with van der Waals surface area (Å²) in [4.78, 5) is 0. The van der Waals surface area contributed by atoms with E-state index in [0.717, 1.165) is 11.7 Å². The molecule has 4 rings (SSSR count). The summed E-state index contributed by atoms with van der Waals surface area (Å²) in [5, 5.41) is 4.23. The van der Waals surface area contributed by atoms with Crippen LogP contribution in [0, 0.1) is 0 Å². The lowest BCUT2D eigenvalue weighted by atomic mass is 10.2. The van der Waals surface area contributed by atoms with E-state index < -0.39 is 7.26 Å². The van der Waals surface area contributed by atoms with E-state index in [9.17, 15) is 0 Å². The molecule has 4 aromatic carbocycles. The van der Waals surface area contributed by atoms with Crippen LogP contribution in [-0.4, -0.2) is 0 Å². The van der Waals surface area contributed by atoms with Gasteiger partial charge in [-0.2, -0.15) is 0 Å². The van der Waals surface area contributed by atoms with Gasteiger partial charge in [0.25, 0.3) is 0 Å². The second-order valence-corrected chi connectivity index (χ2v) is 10.7. The predicted molar refractivity (Wildman–Crippen MR) is 125 cm³/mol. The van der Waals surface area contributed by atoms with Gasteiger partial charge in [-0.1, -0.05) is 78.9 Å². The molecule has 138 valence electrons. The van der Waals surface area contributed by atoms with Crippen LogP contribution >= 0.6 is 18.9 Å². The molecule has 0 fully saturated rings. The van der Waals surface area contributed by atoms with Gasteiger partial charge >= 0.3 is 0 Å². The van der Waals surface area contributed by atoms with Crippen molar-refractivity contribution in [1.29, 1.82) is 0 Å². The molecule has 0 aromatic heterocycles. The van der Waals surface area contributed by atoms with E-state index in [4.69, 9.17) is 11.6 Å². The molecule has 4 aromatic rings. The van der Waals surface area contributed by atoms with Gasteiger partial charge in [0, 0.05) is 5.88 Å². The smallest absolute Gasteiger partial charge is 0.116 e. The molecule has 0 bridgehead atoms. The highest BCUT2D eigenvalue weighted by Crippen LogP contribution is 2.58. The van der Waals surface area contributed by atoms with Gasteiger partial charge in [-0.05, 0) is 47.5 Å². The SMILES string of the molecule is ClCc1ccc(C[P+](c2ccccc2)(c2ccccc2)c2ccccc2)cc1. The maximum absolute atomic E-state index is 6.01. The van der Waals surface area contributed by atoms with E-state index in [1.165, 1.54) is 21.5 Å². The van der Waals surface area contributed by atoms with E-state index in [0.29, 0.717) is 5.88 Å². The number of halogens is 1. The molecular weight excluding hydrogens is 379 g/mol. The summed E-state index contributed by atoms with van der Waals surface area (Å²) in [6.07, 6.45) is 0.994. The van der Waals surface area contributed by atoms with Crippen molar-refractivity contribution in [2.24, 2.45) is 0 Å². The number of rotatable bonds is 6. The molecule has 0 radical (unpaired) electrons. The fraction of sp³-hybridized carbons (Fsp3) is 0.0769. The zero-order valence-electron chi connectivity index (χ0n) is 15.7. The Kier molecular flexibility index (Phi) is 5.91. The molecule has 0 aliphatic carbocycles. The summed E-state index contributed by atoms with van der Waals surface area (Å²) in [5.74, 6) is 0.552. The summed E-state index contributed by atoms with van der Waals surface area (Å²) in [6, 6.07) is 41.8. The highest BCUT2D eigenvalue weighted by atomic mass is 35.5. The van der Waals surface area contributed by atoms with Crippen LogP contribution in [0.5, 0.6) is 0 Å². The first-order valence-electron chi connectivity index (χ1n) is 9.51. The third kappa shape index (κ3) is 3.76. The highest BCUT2D eigenvalue weighted by Gasteiger charge is 2.45. The van der Waals surface area contributed by atoms with Crippen molar-refractivity contribution in [3.63, 3.8) is 0 Å². The van der Waals surface area contributed by atoms with Gasteiger partial charge in [-0.3, -0.25) is 0 Å². The average Bonchev–Trinajstić information content (AvgIpc) is 2.80. The van der Waals surface area contributed by atoms with Crippen molar-refractivity contribution in [2.75, 3.05) is 0 Å². The van der Waals surface area contributed by atoms with Crippen LogP contribution in [0.15, 0.2) is 115 Å². The summed E-state index contributed by atoms with van der Waals surface area (Å²) in [7, 11) is -1.83. The molecule has 0 N–H and O–H groups in total. The largest absolute Gasteiger partial charge is 0.122 e. The second kappa shape index (κ2) is 8.74. The average molecular weight is 402 g/mol. The van der Waals surface area contributed by atoms with Crippen molar-refractivity contribution in [3.05, 3.63) is 126 Å². The Morgan fingerprint density at radius 2 is 0.821 bits per heavy atom. The topological polar surface area (TPSA) is 0 Å². The van der Waals surface area contributed by atoms with Crippen molar-refractivity contribution in [3.8, 4) is 0 Å². The molecule has 0 saturated carbocycles. The summed E-state index contributed by atoms with van der Waals surface area (Å²) in [6.45, 7) is 0. The van der Waals surface area contributed by atoms with E-state index >= 15 is 0 Å². The fourth-order valence-corrected chi connectivity index (χ4v) is 8.20. The molecule has 0 atom stereocenters. The maximum Gasteiger partial charge on any atom is 0.116 e. The minimum absolute atomic E-state index is 0.552. The quantitative estimate of drug-likeness (QED) is 0.278. The van der Waals surface area contributed by atoms with Crippen LogP contribution in [0.25, 0.3) is 0 Å². The lowest BCUT2D eigenvalue weighted by Crippen LogP contribution is -2.32. The first kappa shape index (κ1) is 18.9. The normalized spacial score (nSPS) is 11.3. The highest BCUT2D eigenvalue weighted by molar-refractivity contribution is 7.95. The second-order valence-electron chi connectivity index (χ2n) is 6.92. The maximum atomic E-state index is 6.01. The van der Waals surface area contributed by atoms with Crippen LogP contribution in [0.1, 0.15) is 11.1 Å². The van der Waals surface area contributed by atoms with Crippen molar-refractivity contribution < 1.29 is 0 Å². The molecule has 2 heteroatoms. The molecule has 0 aliphatic heterocycles. The Morgan fingerprint density at radius 1 is 0.464 bits per heavy atom. The summed E-state index contributed by atoms with van der Waals surface area (Å²) in [5.41, 5.74) is 2.51. The molecule has 0 aliphatic rings. The fourth-order valence-electron chi connectivity index (χ4n) is 3.78. The number of hydrogen-bond acceptors (Lipinski definition) is 0. The van der Waals surface area contributed by atoms with Crippen LogP contribution in [0.3, 0.4) is 0 Å². The Morgan fingerprint density at radius 3 is 1.18 bits per heavy atom. The van der Waals surface area contributed by atoms with Crippen molar-refractivity contribution in [1.82, 2.24) is 0 Å². The Balaban J connectivity index is 1.95. The molecule has 0 heterocycles. The monoisotopic (exact) mass is 401 g/mol. The zero-order valence-corrected chi connectivity index (χ0v) is 17.4. The van der Waals surface area contributed by atoms with Crippen LogP contribution in [0.4, 0.5) is 0 Å². The Bertz CT molecular complexity index is 900. The van der Waals surface area contributed by atoms with Gasteiger partial charge in [-0.25, -0.2) is 0 Å². The van der Waals surface area contributed by atoms with E-state index in [-0.39, 0.29) is 0 Å². The van der Waals surface area contributed by atoms with E-state index in [1.807, 2.05) is 0 Å². The van der Waals surface area contributed by atoms with Crippen molar-refractivity contribution in [2.45, 2.75) is 12.0 Å². The molecular formula is C26H23ClP+. The van der Waals surface area contributed by atoms with E-state index in [2.05, 4.69) is 115 Å². The molecule has 0 spiro atoms. The summed E-state index contributed by atoms with van der Waals surface area (Å²) < 4.78 is 0. The third-order valence-corrected chi connectivity index (χ3v) is 9.88. The first-order valence-corrected chi connectivity index (χ1v) is 12.0. The van der Waals surface area contributed by atoms with Crippen LogP contribution in [0.2, 0.25) is 0 Å². The predicted octanol–water partition coefficient (Wildman–Crippen LogP) is 5.92. The lowest BCUT2D eigenvalue weighted by molar-refractivity contribution is 1.33. The standard InChI is InChI=1S/C26H23ClP/c27-20-22-16-18-23(19-17-22)21-28(24-10-4-1-5-11-24,25-12-6-2-7-13-25)26-14-8-3-9-15-26/h1-19H,20-21H2/q+1. The summed E-state index contributed by atoms with van der Waals surface area (Å²) >= 11 is 6.01. The van der Waals surface area contributed by atoms with Gasteiger partial charge in [0.2, 0.25) is 0 Å². The van der Waals surface area contributed by atoms with Crippen LogP contribution < -0.4 is 15.9 Å². The molecule has 28 heavy (non-hydrogen) atoms. The Hall–Kier alpha value is -2.40. The van der Waals surface area contributed by atoms with Gasteiger partial charge in [0.05, 0.1) is 6.16 Å². The van der Waals surface area contributed by atoms with Crippen LogP contribution in [-0.2, 0) is 12.0 Å². The number of hydrogen-bond donors (Lipinski definition) is 0. The number of benzene rings is 4. The van der Waals surface area contributed by atoms with Gasteiger partial charge in [-0.15, -0.1) is 11.6 Å². The van der Waals surface area contributed by atoms with Gasteiger partial charge in [0.15, 0.2) is 0 Å². The first-order chi connectivity index (χ1) is 13.8. The number of alkyl halides is 1. The molecule has 0 unspecified atom stereocenters. The molecule has 0 amide bonds. The lowest BCUT2D eigenvalue weighted by Gasteiger charge is -2.28.